The molecule has 2 aliphatic heterocycles. The highest BCUT2D eigenvalue weighted by Crippen LogP contribution is 2.39. The average Bonchev–Trinajstić information content (AvgIpc) is 3.07. The van der Waals surface area contributed by atoms with Crippen molar-refractivity contribution in [3.63, 3.8) is 0 Å². The van der Waals surface area contributed by atoms with Crippen LogP contribution in [0.25, 0.3) is 21.5 Å². The van der Waals surface area contributed by atoms with Gasteiger partial charge in [-0.2, -0.15) is 0 Å². The lowest BCUT2D eigenvalue weighted by Crippen LogP contribution is -2.41. The topological polar surface area (TPSA) is 36.9 Å². The Morgan fingerprint density at radius 2 is 0.794 bits per heavy atom. The molecule has 0 N–H and O–H groups in total. The molecule has 3 aromatic rings. The van der Waals surface area contributed by atoms with Gasteiger partial charge in [-0.25, -0.2) is 0 Å². The van der Waals surface area contributed by atoms with Crippen LogP contribution in [0.1, 0.15) is 66.5 Å². The average molecular weight is 458 g/mol. The standard InChI is InChI=1S/C28H36B2O4/c1-17-13-21(29-31-25(3,4)26(5,6)32-29)15-19-11-12-20-16-22(14-18(2)24(20)23(17)19)30-33-27(7,8)28(9,10)34-30/h11-16H,1-10H3. The summed E-state index contributed by atoms with van der Waals surface area (Å²) in [5.74, 6) is 0. The zero-order valence-corrected chi connectivity index (χ0v) is 22.3. The second-order valence-electron chi connectivity index (χ2n) is 12.1. The van der Waals surface area contributed by atoms with Gasteiger partial charge < -0.3 is 18.6 Å². The van der Waals surface area contributed by atoms with Gasteiger partial charge in [-0.05, 0) is 113 Å². The van der Waals surface area contributed by atoms with Crippen LogP contribution in [-0.4, -0.2) is 36.6 Å². The lowest BCUT2D eigenvalue weighted by molar-refractivity contribution is 0.00578. The molecule has 6 heteroatoms. The molecule has 0 atom stereocenters. The Hall–Kier alpha value is -1.85. The van der Waals surface area contributed by atoms with Crippen molar-refractivity contribution in [3.05, 3.63) is 47.5 Å². The maximum atomic E-state index is 6.32. The van der Waals surface area contributed by atoms with Gasteiger partial charge in [0.05, 0.1) is 22.4 Å². The van der Waals surface area contributed by atoms with E-state index in [4.69, 9.17) is 18.6 Å². The van der Waals surface area contributed by atoms with Gasteiger partial charge >= 0.3 is 14.2 Å². The molecule has 34 heavy (non-hydrogen) atoms. The van der Waals surface area contributed by atoms with Gasteiger partial charge in [-0.3, -0.25) is 0 Å². The van der Waals surface area contributed by atoms with Crippen molar-refractivity contribution in [1.29, 1.82) is 0 Å². The number of rotatable bonds is 2. The molecule has 0 aromatic heterocycles. The van der Waals surface area contributed by atoms with E-state index in [1.807, 2.05) is 0 Å². The van der Waals surface area contributed by atoms with Crippen LogP contribution in [0.5, 0.6) is 0 Å². The number of benzene rings is 3. The lowest BCUT2D eigenvalue weighted by atomic mass is 9.75. The maximum Gasteiger partial charge on any atom is 0.494 e. The fourth-order valence-electron chi connectivity index (χ4n) is 5.04. The summed E-state index contributed by atoms with van der Waals surface area (Å²) in [6.45, 7) is 21.1. The molecule has 2 saturated heterocycles. The zero-order valence-electron chi connectivity index (χ0n) is 22.3. The van der Waals surface area contributed by atoms with Gasteiger partial charge in [0.25, 0.3) is 0 Å². The summed E-state index contributed by atoms with van der Waals surface area (Å²) < 4.78 is 25.3. The van der Waals surface area contributed by atoms with Crippen molar-refractivity contribution in [3.8, 4) is 0 Å². The van der Waals surface area contributed by atoms with E-state index >= 15 is 0 Å². The van der Waals surface area contributed by atoms with Crippen LogP contribution in [0, 0.1) is 13.8 Å². The molecule has 178 valence electrons. The predicted octanol–water partition coefficient (Wildman–Crippen LogP) is 5.21. The molecule has 4 nitrogen and oxygen atoms in total. The molecule has 0 unspecified atom stereocenters. The third-order valence-corrected chi connectivity index (χ3v) is 8.52. The maximum absolute atomic E-state index is 6.32. The number of aryl methyl sites for hydroxylation is 2. The van der Waals surface area contributed by atoms with Crippen LogP contribution >= 0.6 is 0 Å². The molecular formula is C28H36B2O4. The summed E-state index contributed by atoms with van der Waals surface area (Å²) in [7, 11) is -0.730. The molecule has 0 aliphatic carbocycles. The number of hydrogen-bond acceptors (Lipinski definition) is 4. The van der Waals surface area contributed by atoms with E-state index in [1.54, 1.807) is 0 Å². The van der Waals surface area contributed by atoms with Gasteiger partial charge in [-0.15, -0.1) is 0 Å². The van der Waals surface area contributed by atoms with Gasteiger partial charge in [-0.1, -0.05) is 36.4 Å². The third-order valence-electron chi connectivity index (χ3n) is 8.52. The van der Waals surface area contributed by atoms with Crippen molar-refractivity contribution in [2.45, 2.75) is 91.6 Å². The van der Waals surface area contributed by atoms with E-state index in [9.17, 15) is 0 Å². The summed E-state index contributed by atoms with van der Waals surface area (Å²) in [5.41, 5.74) is 3.14. The molecule has 0 bridgehead atoms. The van der Waals surface area contributed by atoms with E-state index < -0.39 is 0 Å². The third kappa shape index (κ3) is 3.53. The SMILES string of the molecule is Cc1cc(B2OC(C)(C)C(C)(C)O2)cc2ccc3cc(B4OC(C)(C)C(C)(C)O4)cc(C)c3c12. The minimum Gasteiger partial charge on any atom is -0.399 e. The molecule has 0 amide bonds. The minimum absolute atomic E-state index is 0.357. The van der Waals surface area contributed by atoms with Crippen molar-refractivity contribution in [1.82, 2.24) is 0 Å². The molecule has 0 saturated carbocycles. The Morgan fingerprint density at radius 1 is 0.500 bits per heavy atom. The fourth-order valence-corrected chi connectivity index (χ4v) is 5.04. The Morgan fingerprint density at radius 3 is 1.09 bits per heavy atom. The Labute approximate surface area is 204 Å². The monoisotopic (exact) mass is 458 g/mol. The first-order valence-electron chi connectivity index (χ1n) is 12.3. The number of hydrogen-bond donors (Lipinski definition) is 0. The normalized spacial score (nSPS) is 22.8. The lowest BCUT2D eigenvalue weighted by Gasteiger charge is -2.32. The molecule has 2 heterocycles. The predicted molar refractivity (Wildman–Crippen MR) is 142 cm³/mol. The van der Waals surface area contributed by atoms with Gasteiger partial charge in [0.15, 0.2) is 0 Å². The summed E-state index contributed by atoms with van der Waals surface area (Å²) in [6, 6.07) is 13.3. The first kappa shape index (κ1) is 23.9. The van der Waals surface area contributed by atoms with Gasteiger partial charge in [0, 0.05) is 0 Å². The molecule has 2 aliphatic rings. The van der Waals surface area contributed by atoms with Crippen LogP contribution < -0.4 is 10.9 Å². The highest BCUT2D eigenvalue weighted by molar-refractivity contribution is 6.63. The van der Waals surface area contributed by atoms with Crippen LogP contribution in [0.2, 0.25) is 0 Å². The zero-order chi connectivity index (χ0) is 24.8. The first-order chi connectivity index (χ1) is 15.6. The van der Waals surface area contributed by atoms with E-state index in [2.05, 4.69) is 106 Å². The second-order valence-corrected chi connectivity index (χ2v) is 12.1. The summed E-state index contributed by atoms with van der Waals surface area (Å²) in [4.78, 5) is 0. The number of fused-ring (bicyclic) bond motifs is 3. The second kappa shape index (κ2) is 7.33. The Balaban J connectivity index is 1.58. The highest BCUT2D eigenvalue weighted by atomic mass is 16.7. The van der Waals surface area contributed by atoms with E-state index in [-0.39, 0.29) is 36.6 Å². The minimum atomic E-state index is -0.365. The largest absolute Gasteiger partial charge is 0.494 e. The van der Waals surface area contributed by atoms with E-state index in [0.29, 0.717) is 0 Å². The molecule has 5 rings (SSSR count). The fraction of sp³-hybridized carbons (Fsp3) is 0.500. The molecule has 0 spiro atoms. The van der Waals surface area contributed by atoms with Gasteiger partial charge in [0.2, 0.25) is 0 Å². The van der Waals surface area contributed by atoms with Crippen LogP contribution in [0.3, 0.4) is 0 Å². The van der Waals surface area contributed by atoms with E-state index in [1.165, 1.54) is 32.7 Å². The summed E-state index contributed by atoms with van der Waals surface area (Å²) >= 11 is 0. The van der Waals surface area contributed by atoms with Gasteiger partial charge in [0.1, 0.15) is 0 Å². The van der Waals surface area contributed by atoms with Crippen molar-refractivity contribution in [2.24, 2.45) is 0 Å². The molecule has 2 fully saturated rings. The van der Waals surface area contributed by atoms with Crippen molar-refractivity contribution >= 4 is 46.7 Å². The van der Waals surface area contributed by atoms with Crippen molar-refractivity contribution < 1.29 is 18.6 Å². The van der Waals surface area contributed by atoms with Crippen molar-refractivity contribution in [2.75, 3.05) is 0 Å². The quantitative estimate of drug-likeness (QED) is 0.391. The highest BCUT2D eigenvalue weighted by Gasteiger charge is 2.52. The molecular weight excluding hydrogens is 422 g/mol. The first-order valence-corrected chi connectivity index (χ1v) is 12.3. The summed E-state index contributed by atoms with van der Waals surface area (Å²) in [5, 5.41) is 4.94. The summed E-state index contributed by atoms with van der Waals surface area (Å²) in [6.07, 6.45) is 0. The van der Waals surface area contributed by atoms with Crippen LogP contribution in [0.15, 0.2) is 36.4 Å². The van der Waals surface area contributed by atoms with E-state index in [0.717, 1.165) is 10.9 Å². The smallest absolute Gasteiger partial charge is 0.399 e. The Kier molecular flexibility index (Phi) is 5.15. The Bertz CT molecular complexity index is 1180. The molecule has 0 radical (unpaired) electrons. The van der Waals surface area contributed by atoms with Crippen LogP contribution in [-0.2, 0) is 18.6 Å². The van der Waals surface area contributed by atoms with Crippen LogP contribution in [0.4, 0.5) is 0 Å². The molecule has 3 aromatic carbocycles.